The molecule has 0 aliphatic heterocycles. The van der Waals surface area contributed by atoms with E-state index in [-0.39, 0.29) is 12.4 Å². The topological polar surface area (TPSA) is 74.3 Å². The first kappa shape index (κ1) is 13.1. The molecule has 0 saturated carbocycles. The molecule has 0 saturated heterocycles. The first-order valence-corrected chi connectivity index (χ1v) is 6.14. The summed E-state index contributed by atoms with van der Waals surface area (Å²) in [5.74, 6) is 0. The van der Waals surface area contributed by atoms with Gasteiger partial charge in [-0.1, -0.05) is 22.9 Å². The summed E-state index contributed by atoms with van der Waals surface area (Å²) in [6.45, 7) is 0. The van der Waals surface area contributed by atoms with Crippen molar-refractivity contribution in [3.8, 4) is 0 Å². The zero-order valence-corrected chi connectivity index (χ0v) is 9.93. The summed E-state index contributed by atoms with van der Waals surface area (Å²) in [7, 11) is -4.07. The molecule has 0 amide bonds. The molecule has 2 rings (SSSR count). The van der Waals surface area contributed by atoms with Crippen LogP contribution in [0.25, 0.3) is 10.9 Å². The van der Waals surface area contributed by atoms with Crippen molar-refractivity contribution in [2.45, 2.75) is 6.29 Å². The SMILES string of the molecule is Cl.O=P(O)(O)C[n+]1ccc2ccccc2n1. The first-order valence-electron chi connectivity index (χ1n) is 4.35. The van der Waals surface area contributed by atoms with Crippen molar-refractivity contribution in [1.82, 2.24) is 5.10 Å². The zero-order chi connectivity index (χ0) is 10.9. The van der Waals surface area contributed by atoms with Crippen LogP contribution in [0.1, 0.15) is 0 Å². The highest BCUT2D eigenvalue weighted by Crippen LogP contribution is 2.33. The standard InChI is InChI=1S/C9H9N2O3P.ClH/c12-15(13,14)7-11-6-5-8-3-1-2-4-9(8)10-11;/h1-6H,7H2,(H-,12,13,14);1H/p+1. The second-order valence-electron chi connectivity index (χ2n) is 3.22. The third-order valence-electron chi connectivity index (χ3n) is 1.93. The molecule has 0 atom stereocenters. The van der Waals surface area contributed by atoms with Crippen LogP contribution in [0, 0.1) is 0 Å². The Bertz CT molecular complexity index is 543. The molecule has 5 nitrogen and oxygen atoms in total. The van der Waals surface area contributed by atoms with Crippen molar-refractivity contribution >= 4 is 30.9 Å². The van der Waals surface area contributed by atoms with Crippen LogP contribution in [0.2, 0.25) is 0 Å². The Morgan fingerprint density at radius 1 is 1.25 bits per heavy atom. The lowest BCUT2D eigenvalue weighted by Crippen LogP contribution is -2.37. The van der Waals surface area contributed by atoms with Gasteiger partial charge in [-0.2, -0.15) is 0 Å². The highest BCUT2D eigenvalue weighted by atomic mass is 35.5. The molecule has 0 spiro atoms. The monoisotopic (exact) mass is 261 g/mol. The summed E-state index contributed by atoms with van der Waals surface area (Å²) < 4.78 is 12.0. The number of nitrogens with zero attached hydrogens (tertiary/aromatic N) is 2. The predicted octanol–water partition coefficient (Wildman–Crippen LogP) is 1.08. The molecule has 0 aliphatic rings. The van der Waals surface area contributed by atoms with Crippen molar-refractivity contribution in [2.24, 2.45) is 0 Å². The number of halogens is 1. The first-order chi connectivity index (χ1) is 7.04. The van der Waals surface area contributed by atoms with Gasteiger partial charge >= 0.3 is 7.60 Å². The summed E-state index contributed by atoms with van der Waals surface area (Å²) in [6.07, 6.45) is 1.17. The Morgan fingerprint density at radius 2 is 1.94 bits per heavy atom. The minimum absolute atomic E-state index is 0. The summed E-state index contributed by atoms with van der Waals surface area (Å²) in [5.41, 5.74) is 0.716. The van der Waals surface area contributed by atoms with Gasteiger partial charge in [0.05, 0.1) is 0 Å². The quantitative estimate of drug-likeness (QED) is 0.627. The molecule has 1 heterocycles. The highest BCUT2D eigenvalue weighted by molar-refractivity contribution is 7.50. The Balaban J connectivity index is 0.00000128. The Hall–Kier alpha value is -1.00. The van der Waals surface area contributed by atoms with Gasteiger partial charge in [0.15, 0.2) is 6.20 Å². The van der Waals surface area contributed by atoms with Crippen molar-refractivity contribution in [3.05, 3.63) is 36.5 Å². The van der Waals surface area contributed by atoms with Crippen LogP contribution in [-0.4, -0.2) is 14.9 Å². The fourth-order valence-corrected chi connectivity index (χ4v) is 1.86. The van der Waals surface area contributed by atoms with Crippen LogP contribution < -0.4 is 4.68 Å². The van der Waals surface area contributed by atoms with E-state index in [0.717, 1.165) is 5.39 Å². The van der Waals surface area contributed by atoms with Crippen LogP contribution in [0.3, 0.4) is 0 Å². The molecule has 0 radical (unpaired) electrons. The van der Waals surface area contributed by atoms with Crippen molar-refractivity contribution in [2.75, 3.05) is 0 Å². The number of benzene rings is 1. The highest BCUT2D eigenvalue weighted by Gasteiger charge is 2.21. The molecule has 0 aliphatic carbocycles. The normalized spacial score (nSPS) is 11.1. The smallest absolute Gasteiger partial charge is 0.320 e. The van der Waals surface area contributed by atoms with Crippen LogP contribution in [0.15, 0.2) is 36.5 Å². The average Bonchev–Trinajstić information content (AvgIpc) is 2.15. The van der Waals surface area contributed by atoms with Crippen LogP contribution in [0.4, 0.5) is 0 Å². The van der Waals surface area contributed by atoms with E-state index in [2.05, 4.69) is 5.10 Å². The molecular formula is C9H11ClN2O3P+. The van der Waals surface area contributed by atoms with Gasteiger partial charge in [-0.05, 0) is 6.07 Å². The third kappa shape index (κ3) is 3.25. The van der Waals surface area contributed by atoms with Crippen LogP contribution in [0.5, 0.6) is 0 Å². The summed E-state index contributed by atoms with van der Waals surface area (Å²) in [4.78, 5) is 17.6. The van der Waals surface area contributed by atoms with Crippen molar-refractivity contribution in [1.29, 1.82) is 0 Å². The Labute approximate surface area is 98.3 Å². The molecule has 7 heteroatoms. The summed E-state index contributed by atoms with van der Waals surface area (Å²) in [5, 5.41) is 5.03. The molecule has 2 aromatic rings. The third-order valence-corrected chi connectivity index (χ3v) is 2.59. The average molecular weight is 262 g/mol. The number of fused-ring (bicyclic) bond motifs is 1. The number of aromatic nitrogens is 2. The van der Waals surface area contributed by atoms with E-state index in [1.807, 2.05) is 18.2 Å². The minimum Gasteiger partial charge on any atom is -0.320 e. The van der Waals surface area contributed by atoms with Gasteiger partial charge in [0.1, 0.15) is 5.52 Å². The minimum atomic E-state index is -4.07. The lowest BCUT2D eigenvalue weighted by molar-refractivity contribution is -0.736. The van der Waals surface area contributed by atoms with Gasteiger partial charge < -0.3 is 9.79 Å². The van der Waals surface area contributed by atoms with Crippen LogP contribution in [-0.2, 0) is 10.9 Å². The maximum atomic E-state index is 10.8. The summed E-state index contributed by atoms with van der Waals surface area (Å²) >= 11 is 0. The maximum Gasteiger partial charge on any atom is 0.392 e. The van der Waals surface area contributed by atoms with E-state index in [1.54, 1.807) is 18.3 Å². The molecule has 16 heavy (non-hydrogen) atoms. The maximum absolute atomic E-state index is 10.8. The zero-order valence-electron chi connectivity index (χ0n) is 8.22. The van der Waals surface area contributed by atoms with E-state index in [9.17, 15) is 4.57 Å². The van der Waals surface area contributed by atoms with Gasteiger partial charge in [-0.15, -0.1) is 12.4 Å². The molecule has 86 valence electrons. The van der Waals surface area contributed by atoms with Gasteiger partial charge in [0.2, 0.25) is 0 Å². The van der Waals surface area contributed by atoms with E-state index < -0.39 is 13.9 Å². The van der Waals surface area contributed by atoms with Crippen LogP contribution >= 0.6 is 20.0 Å². The molecular weight excluding hydrogens is 251 g/mol. The molecule has 1 aromatic carbocycles. The Morgan fingerprint density at radius 3 is 2.62 bits per heavy atom. The lowest BCUT2D eigenvalue weighted by atomic mass is 10.2. The fraction of sp³-hybridized carbons (Fsp3) is 0.111. The second-order valence-corrected chi connectivity index (χ2v) is 4.83. The number of rotatable bonds is 2. The van der Waals surface area contributed by atoms with E-state index in [0.29, 0.717) is 5.52 Å². The molecule has 0 unspecified atom stereocenters. The molecule has 2 N–H and O–H groups in total. The fourth-order valence-electron chi connectivity index (χ4n) is 1.33. The summed E-state index contributed by atoms with van der Waals surface area (Å²) in [6, 6.07) is 9.18. The van der Waals surface area contributed by atoms with Gasteiger partial charge in [0, 0.05) is 16.6 Å². The second kappa shape index (κ2) is 4.89. The van der Waals surface area contributed by atoms with E-state index >= 15 is 0 Å². The molecule has 0 fully saturated rings. The van der Waals surface area contributed by atoms with Crippen molar-refractivity contribution in [3.63, 3.8) is 0 Å². The van der Waals surface area contributed by atoms with Crippen molar-refractivity contribution < 1.29 is 19.0 Å². The predicted molar refractivity (Wildman–Crippen MR) is 61.2 cm³/mol. The molecule has 1 aromatic heterocycles. The largest absolute Gasteiger partial charge is 0.392 e. The van der Waals surface area contributed by atoms with Gasteiger partial charge in [-0.25, -0.2) is 0 Å². The number of hydrogen-bond acceptors (Lipinski definition) is 2. The van der Waals surface area contributed by atoms with Gasteiger partial charge in [0.25, 0.3) is 6.29 Å². The van der Waals surface area contributed by atoms with E-state index in [1.165, 1.54) is 4.68 Å². The lowest BCUT2D eigenvalue weighted by Gasteiger charge is -1.98. The van der Waals surface area contributed by atoms with E-state index in [4.69, 9.17) is 9.79 Å². The number of hydrogen-bond donors (Lipinski definition) is 2. The van der Waals surface area contributed by atoms with Gasteiger partial charge in [-0.3, -0.25) is 4.57 Å². The Kier molecular flexibility index (Phi) is 3.99. The molecule has 0 bridgehead atoms.